The molecule has 2 aliphatic heterocycles. The Bertz CT molecular complexity index is 1270. The summed E-state index contributed by atoms with van der Waals surface area (Å²) < 4.78 is 68.2. The number of rotatable bonds is 5. The second-order valence-electron chi connectivity index (χ2n) is 8.50. The molecule has 4 rings (SSSR count). The first-order chi connectivity index (χ1) is 16.4. The molecule has 0 aromatic heterocycles. The van der Waals surface area contributed by atoms with Crippen molar-refractivity contribution in [2.45, 2.75) is 30.6 Å². The second kappa shape index (κ2) is 9.06. The van der Waals surface area contributed by atoms with Crippen molar-refractivity contribution in [3.63, 3.8) is 0 Å². The van der Waals surface area contributed by atoms with Crippen molar-refractivity contribution in [3.8, 4) is 5.75 Å². The number of carbonyl (C=O) groups excluding carboxylic acids is 2. The van der Waals surface area contributed by atoms with Crippen LogP contribution in [0.4, 0.5) is 18.9 Å². The largest absolute Gasteiger partial charge is 0.480 e. The Hall–Kier alpha value is -3.28. The number of benzene rings is 2. The summed E-state index contributed by atoms with van der Waals surface area (Å²) >= 11 is 0. The molecule has 188 valence electrons. The zero-order chi connectivity index (χ0) is 25.5. The van der Waals surface area contributed by atoms with E-state index in [4.69, 9.17) is 4.74 Å². The third-order valence-corrected chi connectivity index (χ3v) is 7.21. The molecule has 0 aliphatic carbocycles. The quantitative estimate of drug-likeness (QED) is 0.663. The Morgan fingerprint density at radius 3 is 2.43 bits per heavy atom. The predicted octanol–water partition coefficient (Wildman–Crippen LogP) is 2.63. The average Bonchev–Trinajstić information content (AvgIpc) is 3.18. The van der Waals surface area contributed by atoms with Crippen molar-refractivity contribution in [2.24, 2.45) is 0 Å². The van der Waals surface area contributed by atoms with E-state index in [1.165, 1.54) is 4.90 Å². The topological polar surface area (TPSA) is 96.0 Å². The number of fused-ring (bicyclic) bond motifs is 1. The van der Waals surface area contributed by atoms with Crippen LogP contribution in [0.2, 0.25) is 0 Å². The Labute approximate surface area is 200 Å². The minimum absolute atomic E-state index is 0.137. The number of ether oxygens (including phenoxy) is 1. The fourth-order valence-electron chi connectivity index (χ4n) is 4.12. The first kappa shape index (κ1) is 24.8. The molecule has 2 aromatic carbocycles. The highest BCUT2D eigenvalue weighted by Crippen LogP contribution is 2.31. The Morgan fingerprint density at radius 2 is 1.80 bits per heavy atom. The fourth-order valence-corrected chi connectivity index (χ4v) is 4.77. The lowest BCUT2D eigenvalue weighted by Crippen LogP contribution is -2.49. The van der Waals surface area contributed by atoms with Gasteiger partial charge in [-0.1, -0.05) is 6.07 Å². The number of alkyl halides is 3. The number of nitrogens with zero attached hydrogens (tertiary/aromatic N) is 2. The normalized spacial score (nSPS) is 17.1. The van der Waals surface area contributed by atoms with Gasteiger partial charge in [-0.2, -0.15) is 13.2 Å². The summed E-state index contributed by atoms with van der Waals surface area (Å²) in [7, 11) is -3.71. The van der Waals surface area contributed by atoms with Gasteiger partial charge in [0.05, 0.1) is 10.5 Å². The molecule has 1 fully saturated rings. The van der Waals surface area contributed by atoms with Crippen LogP contribution < -0.4 is 15.0 Å². The minimum atomic E-state index is -4.66. The van der Waals surface area contributed by atoms with Crippen molar-refractivity contribution in [3.05, 3.63) is 53.1 Å². The summed E-state index contributed by atoms with van der Waals surface area (Å²) in [6.07, 6.45) is -5.90. The van der Waals surface area contributed by atoms with Crippen LogP contribution in [0.15, 0.2) is 41.3 Å². The van der Waals surface area contributed by atoms with Gasteiger partial charge in [0.25, 0.3) is 11.8 Å². The van der Waals surface area contributed by atoms with Gasteiger partial charge >= 0.3 is 6.18 Å². The van der Waals surface area contributed by atoms with Gasteiger partial charge in [0.1, 0.15) is 5.75 Å². The first-order valence-electron chi connectivity index (χ1n) is 10.9. The summed E-state index contributed by atoms with van der Waals surface area (Å²) in [6.45, 7) is 2.59. The number of hydrogen-bond acceptors (Lipinski definition) is 6. The van der Waals surface area contributed by atoms with Crippen LogP contribution >= 0.6 is 0 Å². The summed E-state index contributed by atoms with van der Waals surface area (Å²) in [5.41, 5.74) is 2.14. The van der Waals surface area contributed by atoms with Gasteiger partial charge in [-0.05, 0) is 37.3 Å². The Kier molecular flexibility index (Phi) is 6.43. The van der Waals surface area contributed by atoms with E-state index in [0.29, 0.717) is 25.2 Å². The molecular formula is C23H24F3N3O5S. The maximum absolute atomic E-state index is 13.3. The molecule has 12 heteroatoms. The molecule has 2 aliphatic rings. The summed E-state index contributed by atoms with van der Waals surface area (Å²) in [5.74, 6) is -1.09. The summed E-state index contributed by atoms with van der Waals surface area (Å²) in [4.78, 5) is 28.6. The van der Waals surface area contributed by atoms with Crippen LogP contribution in [0.25, 0.3) is 0 Å². The van der Waals surface area contributed by atoms with Gasteiger partial charge in [-0.25, -0.2) is 8.42 Å². The molecule has 1 atom stereocenters. The molecule has 1 N–H and O–H groups in total. The lowest BCUT2D eigenvalue weighted by atomic mass is 10.1. The first-order valence-corrected chi connectivity index (χ1v) is 12.8. The van der Waals surface area contributed by atoms with E-state index in [9.17, 15) is 31.2 Å². The minimum Gasteiger partial charge on any atom is -0.480 e. The van der Waals surface area contributed by atoms with Gasteiger partial charge in [0.15, 0.2) is 15.9 Å². The SMILES string of the molecule is C[C@H](Oc1ccc(S(C)(=O)=O)cc1C(=O)N1CCN(c2cccc3c2CNC3=O)CC1)C(F)(F)F. The van der Waals surface area contributed by atoms with E-state index in [1.807, 2.05) is 11.0 Å². The molecule has 2 amide bonds. The lowest BCUT2D eigenvalue weighted by Gasteiger charge is -2.37. The third-order valence-electron chi connectivity index (χ3n) is 6.10. The highest BCUT2D eigenvalue weighted by molar-refractivity contribution is 7.90. The monoisotopic (exact) mass is 511 g/mol. The standard InChI is InChI=1S/C23H24F3N3O5S/c1-14(23(24,25)26)34-20-7-6-15(35(2,32)33)12-17(20)22(31)29-10-8-28(9-11-29)19-5-3-4-16-18(19)13-27-21(16)30/h3-7,12,14H,8-11,13H2,1-2H3,(H,27,30)/t14-/m0/s1. The molecule has 1 saturated heterocycles. The number of sulfone groups is 1. The van der Waals surface area contributed by atoms with E-state index in [1.54, 1.807) is 12.1 Å². The Balaban J connectivity index is 1.56. The van der Waals surface area contributed by atoms with Crippen molar-refractivity contribution < 1.29 is 35.9 Å². The average molecular weight is 512 g/mol. The summed E-state index contributed by atoms with van der Waals surface area (Å²) in [5, 5.41) is 2.79. The van der Waals surface area contributed by atoms with Crippen LogP contribution in [0.3, 0.4) is 0 Å². The molecule has 0 unspecified atom stereocenters. The molecule has 35 heavy (non-hydrogen) atoms. The number of carbonyl (C=O) groups is 2. The summed E-state index contributed by atoms with van der Waals surface area (Å²) in [6, 6.07) is 8.70. The number of anilines is 1. The molecule has 2 heterocycles. The number of hydrogen-bond donors (Lipinski definition) is 1. The maximum Gasteiger partial charge on any atom is 0.425 e. The van der Waals surface area contributed by atoms with Gasteiger partial charge in [-0.15, -0.1) is 0 Å². The maximum atomic E-state index is 13.3. The molecule has 8 nitrogen and oxygen atoms in total. The van der Waals surface area contributed by atoms with Crippen LogP contribution in [0, 0.1) is 0 Å². The fraction of sp³-hybridized carbons (Fsp3) is 0.391. The van der Waals surface area contributed by atoms with Crippen LogP contribution in [-0.4, -0.2) is 69.8 Å². The highest BCUT2D eigenvalue weighted by Gasteiger charge is 2.39. The number of piperazine rings is 1. The van der Waals surface area contributed by atoms with Crippen LogP contribution in [-0.2, 0) is 16.4 Å². The lowest BCUT2D eigenvalue weighted by molar-refractivity contribution is -0.189. The number of halogens is 3. The van der Waals surface area contributed by atoms with Gasteiger partial charge < -0.3 is 19.9 Å². The zero-order valence-corrected chi connectivity index (χ0v) is 19.9. The van der Waals surface area contributed by atoms with E-state index >= 15 is 0 Å². The third kappa shape index (κ3) is 5.07. The van der Waals surface area contributed by atoms with Crippen molar-refractivity contribution >= 4 is 27.3 Å². The van der Waals surface area contributed by atoms with Crippen molar-refractivity contribution in [1.82, 2.24) is 10.2 Å². The van der Waals surface area contributed by atoms with Crippen molar-refractivity contribution in [2.75, 3.05) is 37.3 Å². The zero-order valence-electron chi connectivity index (χ0n) is 19.1. The van der Waals surface area contributed by atoms with Crippen molar-refractivity contribution in [1.29, 1.82) is 0 Å². The molecule has 2 aromatic rings. The second-order valence-corrected chi connectivity index (χ2v) is 10.5. The van der Waals surface area contributed by atoms with E-state index in [-0.39, 0.29) is 35.2 Å². The van der Waals surface area contributed by atoms with E-state index in [2.05, 4.69) is 5.32 Å². The number of nitrogens with one attached hydrogen (secondary N) is 1. The van der Waals surface area contributed by atoms with E-state index < -0.39 is 28.0 Å². The highest BCUT2D eigenvalue weighted by atomic mass is 32.2. The molecule has 0 bridgehead atoms. The number of amides is 2. The van der Waals surface area contributed by atoms with Crippen LogP contribution in [0.1, 0.15) is 33.2 Å². The predicted molar refractivity (Wildman–Crippen MR) is 121 cm³/mol. The smallest absolute Gasteiger partial charge is 0.425 e. The molecular weight excluding hydrogens is 487 g/mol. The van der Waals surface area contributed by atoms with Crippen LogP contribution in [0.5, 0.6) is 5.75 Å². The molecule has 0 radical (unpaired) electrons. The molecule has 0 spiro atoms. The Morgan fingerprint density at radius 1 is 1.11 bits per heavy atom. The van der Waals surface area contributed by atoms with E-state index in [0.717, 1.165) is 42.6 Å². The van der Waals surface area contributed by atoms with Gasteiger partial charge in [0.2, 0.25) is 0 Å². The van der Waals surface area contributed by atoms with Gasteiger partial charge in [-0.3, -0.25) is 9.59 Å². The molecule has 0 saturated carbocycles. The van der Waals surface area contributed by atoms with Gasteiger partial charge in [0, 0.05) is 55.8 Å².